The smallest absolute Gasteiger partial charge is 0.276 e. The van der Waals surface area contributed by atoms with Crippen molar-refractivity contribution in [3.8, 4) is 11.5 Å². The number of rotatable bonds is 5. The summed E-state index contributed by atoms with van der Waals surface area (Å²) in [6.45, 7) is 1.80. The molecule has 2 aromatic rings. The first-order chi connectivity index (χ1) is 13.6. The first-order valence-electron chi connectivity index (χ1n) is 9.85. The van der Waals surface area contributed by atoms with Gasteiger partial charge in [-0.3, -0.25) is 4.79 Å². The second kappa shape index (κ2) is 8.43. The van der Waals surface area contributed by atoms with E-state index in [2.05, 4.69) is 5.16 Å². The Balaban J connectivity index is 1.37. The fourth-order valence-corrected chi connectivity index (χ4v) is 4.50. The highest BCUT2D eigenvalue weighted by Crippen LogP contribution is 2.36. The molecule has 4 rings (SSSR count). The lowest BCUT2D eigenvalue weighted by Gasteiger charge is -2.41. The number of hydrogen-bond acceptors (Lipinski definition) is 5. The molecular formula is C21H25ClN2O4. The minimum absolute atomic E-state index is 0.0527. The normalized spacial score (nSPS) is 21.9. The fourth-order valence-electron chi connectivity index (χ4n) is 4.34. The van der Waals surface area contributed by atoms with Crippen LogP contribution in [0.1, 0.15) is 48.4 Å². The Hall–Kier alpha value is -2.21. The van der Waals surface area contributed by atoms with E-state index < -0.39 is 0 Å². The number of nitrogens with zero attached hydrogens (tertiary/aromatic N) is 2. The van der Waals surface area contributed by atoms with Crippen molar-refractivity contribution in [2.24, 2.45) is 11.8 Å². The summed E-state index contributed by atoms with van der Waals surface area (Å²) in [7, 11) is 1.55. The van der Waals surface area contributed by atoms with E-state index in [9.17, 15) is 4.79 Å². The van der Waals surface area contributed by atoms with Crippen LogP contribution in [0.2, 0.25) is 5.02 Å². The summed E-state index contributed by atoms with van der Waals surface area (Å²) in [6, 6.07) is 6.81. The molecule has 28 heavy (non-hydrogen) atoms. The van der Waals surface area contributed by atoms with Gasteiger partial charge in [0.2, 0.25) is 0 Å². The average molecular weight is 405 g/mol. The van der Waals surface area contributed by atoms with E-state index in [1.54, 1.807) is 31.4 Å². The predicted octanol–water partition coefficient (Wildman–Crippen LogP) is 4.57. The van der Waals surface area contributed by atoms with E-state index in [-0.39, 0.29) is 12.5 Å². The molecule has 2 atom stereocenters. The number of likely N-dealkylation sites (tertiary alicyclic amines) is 1. The maximum atomic E-state index is 12.8. The van der Waals surface area contributed by atoms with Gasteiger partial charge in [-0.1, -0.05) is 36.0 Å². The number of carbonyl (C=O) groups excluding carboxylic acids is 1. The summed E-state index contributed by atoms with van der Waals surface area (Å²) >= 11 is 5.96. The molecule has 2 heterocycles. The number of piperidine rings is 1. The Morgan fingerprint density at radius 3 is 2.86 bits per heavy atom. The molecule has 2 aliphatic rings. The van der Waals surface area contributed by atoms with Crippen molar-refractivity contribution in [3.05, 3.63) is 40.7 Å². The molecule has 0 N–H and O–H groups in total. The summed E-state index contributed by atoms with van der Waals surface area (Å²) < 4.78 is 16.3. The van der Waals surface area contributed by atoms with Gasteiger partial charge in [-0.25, -0.2) is 0 Å². The Bertz CT molecular complexity index is 838. The van der Waals surface area contributed by atoms with Crippen LogP contribution in [0.5, 0.6) is 11.5 Å². The standard InChI is InChI=1S/C21H25ClN2O4/c1-26-20-10-16(22)6-7-19(20)27-13-17-11-18(23-28-17)21(25)24-9-8-14-4-2-3-5-15(14)12-24/h6-7,10-11,14-15H,2-5,8-9,12-13H2,1H3/t14-,15-/m0/s1. The van der Waals surface area contributed by atoms with Crippen molar-refractivity contribution >= 4 is 17.5 Å². The molecule has 2 fully saturated rings. The van der Waals surface area contributed by atoms with E-state index in [0.29, 0.717) is 33.9 Å². The van der Waals surface area contributed by atoms with Gasteiger partial charge in [0.1, 0.15) is 6.61 Å². The van der Waals surface area contributed by atoms with Gasteiger partial charge in [-0.2, -0.15) is 0 Å². The highest BCUT2D eigenvalue weighted by molar-refractivity contribution is 6.30. The van der Waals surface area contributed by atoms with Crippen LogP contribution >= 0.6 is 11.6 Å². The Morgan fingerprint density at radius 1 is 1.21 bits per heavy atom. The summed E-state index contributed by atoms with van der Waals surface area (Å²) in [5.74, 6) is 2.96. The fraction of sp³-hybridized carbons (Fsp3) is 0.524. The third-order valence-corrected chi connectivity index (χ3v) is 6.09. The number of ether oxygens (including phenoxy) is 2. The highest BCUT2D eigenvalue weighted by Gasteiger charge is 2.34. The van der Waals surface area contributed by atoms with Gasteiger partial charge < -0.3 is 18.9 Å². The Kier molecular flexibility index (Phi) is 5.76. The number of amides is 1. The van der Waals surface area contributed by atoms with Crippen molar-refractivity contribution < 1.29 is 18.8 Å². The summed E-state index contributed by atoms with van der Waals surface area (Å²) in [6.07, 6.45) is 6.26. The van der Waals surface area contributed by atoms with Gasteiger partial charge in [0, 0.05) is 30.2 Å². The zero-order valence-corrected chi connectivity index (χ0v) is 16.8. The zero-order chi connectivity index (χ0) is 19.5. The first kappa shape index (κ1) is 19.1. The minimum atomic E-state index is -0.0527. The van der Waals surface area contributed by atoms with Crippen molar-refractivity contribution in [1.29, 1.82) is 0 Å². The number of aromatic nitrogens is 1. The molecule has 0 spiro atoms. The second-order valence-corrected chi connectivity index (χ2v) is 8.04. The molecular weight excluding hydrogens is 380 g/mol. The van der Waals surface area contributed by atoms with Crippen molar-refractivity contribution in [1.82, 2.24) is 10.1 Å². The average Bonchev–Trinajstić information content (AvgIpc) is 3.21. The van der Waals surface area contributed by atoms with Crippen LogP contribution < -0.4 is 9.47 Å². The van der Waals surface area contributed by atoms with E-state index in [1.807, 2.05) is 4.90 Å². The van der Waals surface area contributed by atoms with E-state index in [4.69, 9.17) is 25.6 Å². The third-order valence-electron chi connectivity index (χ3n) is 5.85. The highest BCUT2D eigenvalue weighted by atomic mass is 35.5. The van der Waals surface area contributed by atoms with Crippen LogP contribution in [0.25, 0.3) is 0 Å². The number of hydrogen-bond donors (Lipinski definition) is 0. The lowest BCUT2D eigenvalue weighted by molar-refractivity contribution is 0.0511. The van der Waals surface area contributed by atoms with Gasteiger partial charge in [-0.15, -0.1) is 0 Å². The molecule has 0 bridgehead atoms. The van der Waals surface area contributed by atoms with Crippen LogP contribution in [0, 0.1) is 11.8 Å². The van der Waals surface area contributed by atoms with Gasteiger partial charge >= 0.3 is 0 Å². The largest absolute Gasteiger partial charge is 0.493 e. The maximum Gasteiger partial charge on any atom is 0.276 e. The van der Waals surface area contributed by atoms with Crippen LogP contribution in [-0.2, 0) is 6.61 Å². The molecule has 1 aliphatic heterocycles. The summed E-state index contributed by atoms with van der Waals surface area (Å²) in [5.41, 5.74) is 0.343. The van der Waals surface area contributed by atoms with E-state index in [1.165, 1.54) is 25.7 Å². The lowest BCUT2D eigenvalue weighted by atomic mass is 9.75. The van der Waals surface area contributed by atoms with Gasteiger partial charge in [0.15, 0.2) is 23.0 Å². The van der Waals surface area contributed by atoms with E-state index >= 15 is 0 Å². The molecule has 1 aliphatic carbocycles. The quantitative estimate of drug-likeness (QED) is 0.730. The molecule has 0 unspecified atom stereocenters. The van der Waals surface area contributed by atoms with Gasteiger partial charge in [0.25, 0.3) is 5.91 Å². The second-order valence-electron chi connectivity index (χ2n) is 7.61. The molecule has 7 heteroatoms. The number of benzene rings is 1. The molecule has 1 aromatic carbocycles. The Morgan fingerprint density at radius 2 is 2.04 bits per heavy atom. The lowest BCUT2D eigenvalue weighted by Crippen LogP contribution is -2.44. The monoisotopic (exact) mass is 404 g/mol. The maximum absolute atomic E-state index is 12.8. The molecule has 1 saturated carbocycles. The van der Waals surface area contributed by atoms with Crippen LogP contribution in [-0.4, -0.2) is 36.2 Å². The van der Waals surface area contributed by atoms with Crippen molar-refractivity contribution in [3.63, 3.8) is 0 Å². The van der Waals surface area contributed by atoms with Gasteiger partial charge in [-0.05, 0) is 36.8 Å². The number of fused-ring (bicyclic) bond motifs is 1. The molecule has 1 saturated heterocycles. The predicted molar refractivity (Wildman–Crippen MR) is 105 cm³/mol. The van der Waals surface area contributed by atoms with Gasteiger partial charge in [0.05, 0.1) is 7.11 Å². The van der Waals surface area contributed by atoms with Crippen LogP contribution in [0.4, 0.5) is 0 Å². The minimum Gasteiger partial charge on any atom is -0.493 e. The first-order valence-corrected chi connectivity index (χ1v) is 10.2. The summed E-state index contributed by atoms with van der Waals surface area (Å²) in [4.78, 5) is 14.8. The summed E-state index contributed by atoms with van der Waals surface area (Å²) in [5, 5.41) is 4.53. The number of halogens is 1. The number of carbonyl (C=O) groups is 1. The Labute approximate surface area is 169 Å². The SMILES string of the molecule is COc1cc(Cl)ccc1OCc1cc(C(=O)N2CC[C@@H]3CCCC[C@H]3C2)no1. The van der Waals surface area contributed by atoms with Crippen LogP contribution in [0.3, 0.4) is 0 Å². The van der Waals surface area contributed by atoms with Crippen LogP contribution in [0.15, 0.2) is 28.8 Å². The molecule has 1 amide bonds. The molecule has 150 valence electrons. The third kappa shape index (κ3) is 4.12. The molecule has 6 nitrogen and oxygen atoms in total. The number of methoxy groups -OCH3 is 1. The van der Waals surface area contributed by atoms with E-state index in [0.717, 1.165) is 25.4 Å². The topological polar surface area (TPSA) is 64.8 Å². The van der Waals surface area contributed by atoms with Crippen molar-refractivity contribution in [2.45, 2.75) is 38.7 Å². The zero-order valence-electron chi connectivity index (χ0n) is 16.0. The molecule has 1 aromatic heterocycles. The molecule has 0 radical (unpaired) electrons. The van der Waals surface area contributed by atoms with Crippen molar-refractivity contribution in [2.75, 3.05) is 20.2 Å².